The predicted octanol–water partition coefficient (Wildman–Crippen LogP) is 1.55. The van der Waals surface area contributed by atoms with Crippen LogP contribution in [-0.2, 0) is 10.2 Å². The molecule has 1 aliphatic rings. The van der Waals surface area contributed by atoms with Gasteiger partial charge in [-0.15, -0.1) is 0 Å². The minimum atomic E-state index is -3.73. The van der Waals surface area contributed by atoms with Crippen LogP contribution in [0.3, 0.4) is 0 Å². The van der Waals surface area contributed by atoms with E-state index >= 15 is 0 Å². The van der Waals surface area contributed by atoms with Crippen LogP contribution in [0.5, 0.6) is 0 Å². The lowest BCUT2D eigenvalue weighted by Crippen LogP contribution is -2.44. The molecule has 1 aliphatic heterocycles. The summed E-state index contributed by atoms with van der Waals surface area (Å²) < 4.78 is 28.5. The number of anilines is 1. The first-order chi connectivity index (χ1) is 9.31. The third-order valence-electron chi connectivity index (χ3n) is 3.46. The van der Waals surface area contributed by atoms with Crippen molar-refractivity contribution in [1.29, 1.82) is 0 Å². The van der Waals surface area contributed by atoms with E-state index in [1.807, 2.05) is 6.92 Å². The van der Waals surface area contributed by atoms with Crippen molar-refractivity contribution in [2.45, 2.75) is 39.2 Å². The second kappa shape index (κ2) is 5.45. The zero-order chi connectivity index (χ0) is 14.9. The molecule has 0 saturated carbocycles. The Labute approximate surface area is 118 Å². The fourth-order valence-corrected chi connectivity index (χ4v) is 3.97. The summed E-state index contributed by atoms with van der Waals surface area (Å²) in [7, 11) is -3.73. The first-order valence-corrected chi connectivity index (χ1v) is 7.98. The third kappa shape index (κ3) is 2.96. The summed E-state index contributed by atoms with van der Waals surface area (Å²) >= 11 is 0. The monoisotopic (exact) mass is 301 g/mol. The van der Waals surface area contributed by atoms with Crippen molar-refractivity contribution < 1.29 is 18.3 Å². The van der Waals surface area contributed by atoms with Crippen LogP contribution in [0.15, 0.2) is 6.07 Å². The van der Waals surface area contributed by atoms with Gasteiger partial charge < -0.3 is 10.1 Å². The summed E-state index contributed by atoms with van der Waals surface area (Å²) in [6.45, 7) is 3.99. The number of aromatic amines is 1. The van der Waals surface area contributed by atoms with Crippen LogP contribution >= 0.6 is 0 Å². The van der Waals surface area contributed by atoms with Gasteiger partial charge in [0.1, 0.15) is 5.69 Å². The Bertz CT molecular complexity index is 608. The predicted molar refractivity (Wildman–Crippen MR) is 75.1 cm³/mol. The largest absolute Gasteiger partial charge is 0.477 e. The maximum atomic E-state index is 12.4. The van der Waals surface area contributed by atoms with Gasteiger partial charge in [0, 0.05) is 18.3 Å². The highest BCUT2D eigenvalue weighted by molar-refractivity contribution is 7.90. The molecule has 1 fully saturated rings. The number of hydrogen-bond donors (Lipinski definition) is 3. The van der Waals surface area contributed by atoms with E-state index in [0.717, 1.165) is 19.3 Å². The van der Waals surface area contributed by atoms with Gasteiger partial charge >= 0.3 is 16.2 Å². The first kappa shape index (κ1) is 14.9. The fourth-order valence-electron chi connectivity index (χ4n) is 2.46. The molecule has 0 amide bonds. The van der Waals surface area contributed by atoms with Crippen LogP contribution in [0.25, 0.3) is 0 Å². The molecule has 0 spiro atoms. The molecule has 0 aliphatic carbocycles. The molecule has 0 bridgehead atoms. The third-order valence-corrected chi connectivity index (χ3v) is 5.09. The number of aromatic nitrogens is 1. The first-order valence-electron chi connectivity index (χ1n) is 6.54. The van der Waals surface area contributed by atoms with E-state index in [-0.39, 0.29) is 17.4 Å². The minimum Gasteiger partial charge on any atom is -0.477 e. The van der Waals surface area contributed by atoms with Crippen LogP contribution in [0.2, 0.25) is 0 Å². The highest BCUT2D eigenvalue weighted by Gasteiger charge is 2.30. The Morgan fingerprint density at radius 3 is 2.80 bits per heavy atom. The number of H-pyrrole nitrogens is 1. The summed E-state index contributed by atoms with van der Waals surface area (Å²) in [4.78, 5) is 13.7. The van der Waals surface area contributed by atoms with E-state index in [2.05, 4.69) is 9.71 Å². The fraction of sp³-hybridized carbons (Fsp3) is 0.583. The lowest BCUT2D eigenvalue weighted by atomic mass is 10.1. The smallest absolute Gasteiger partial charge is 0.354 e. The number of carboxylic acid groups (broad SMARTS) is 1. The van der Waals surface area contributed by atoms with Crippen LogP contribution in [-0.4, -0.2) is 41.4 Å². The number of nitrogens with one attached hydrogen (secondary N) is 2. The zero-order valence-corrected chi connectivity index (χ0v) is 12.3. The van der Waals surface area contributed by atoms with Crippen LogP contribution in [0.4, 0.5) is 5.69 Å². The molecule has 1 aromatic rings. The normalized spacial score (nSPS) is 20.8. The molecule has 3 N–H and O–H groups in total. The van der Waals surface area contributed by atoms with E-state index < -0.39 is 16.2 Å². The van der Waals surface area contributed by atoms with Crippen LogP contribution in [0, 0.1) is 6.92 Å². The highest BCUT2D eigenvalue weighted by Crippen LogP contribution is 2.24. The van der Waals surface area contributed by atoms with Crippen molar-refractivity contribution in [2.24, 2.45) is 0 Å². The Kier molecular flexibility index (Phi) is 4.05. The molecular weight excluding hydrogens is 282 g/mol. The molecule has 1 saturated heterocycles. The average molecular weight is 301 g/mol. The maximum absolute atomic E-state index is 12.4. The summed E-state index contributed by atoms with van der Waals surface area (Å²) in [5, 5.41) is 9.06. The number of aryl methyl sites for hydroxylation is 1. The van der Waals surface area contributed by atoms with Crippen LogP contribution in [0.1, 0.15) is 42.4 Å². The van der Waals surface area contributed by atoms with Crippen molar-refractivity contribution >= 4 is 21.9 Å². The molecule has 2 rings (SSSR count). The van der Waals surface area contributed by atoms with E-state index in [1.54, 1.807) is 6.92 Å². The topological polar surface area (TPSA) is 102 Å². The zero-order valence-electron chi connectivity index (χ0n) is 11.5. The average Bonchev–Trinajstić information content (AvgIpc) is 2.70. The van der Waals surface area contributed by atoms with Gasteiger partial charge in [-0.25, -0.2) is 4.79 Å². The Hall–Kier alpha value is -1.54. The number of rotatable bonds is 4. The van der Waals surface area contributed by atoms with E-state index in [4.69, 9.17) is 5.11 Å². The number of aromatic carboxylic acids is 1. The van der Waals surface area contributed by atoms with Gasteiger partial charge in [0.2, 0.25) is 0 Å². The van der Waals surface area contributed by atoms with Crippen molar-refractivity contribution in [3.05, 3.63) is 17.5 Å². The lowest BCUT2D eigenvalue weighted by molar-refractivity contribution is 0.0692. The van der Waals surface area contributed by atoms with Gasteiger partial charge in [0.15, 0.2) is 0 Å². The molecule has 112 valence electrons. The van der Waals surface area contributed by atoms with Crippen molar-refractivity contribution in [3.63, 3.8) is 0 Å². The van der Waals surface area contributed by atoms with Crippen molar-refractivity contribution in [3.8, 4) is 0 Å². The molecular formula is C12H19N3O4S. The van der Waals surface area contributed by atoms with Crippen molar-refractivity contribution in [2.75, 3.05) is 11.3 Å². The molecule has 0 aromatic carbocycles. The number of carbonyl (C=O) groups is 1. The number of carboxylic acids is 1. The second-order valence-electron chi connectivity index (χ2n) is 5.11. The Morgan fingerprint density at radius 2 is 2.20 bits per heavy atom. The van der Waals surface area contributed by atoms with E-state index in [9.17, 15) is 13.2 Å². The molecule has 8 heteroatoms. The molecule has 0 radical (unpaired) electrons. The van der Waals surface area contributed by atoms with Gasteiger partial charge in [0.05, 0.1) is 5.69 Å². The molecule has 20 heavy (non-hydrogen) atoms. The summed E-state index contributed by atoms with van der Waals surface area (Å²) in [5.74, 6) is -1.19. The molecule has 1 aromatic heterocycles. The van der Waals surface area contributed by atoms with Gasteiger partial charge in [-0.05, 0) is 32.8 Å². The Morgan fingerprint density at radius 1 is 1.50 bits per heavy atom. The Balaban J connectivity index is 2.26. The summed E-state index contributed by atoms with van der Waals surface area (Å²) in [6.07, 6.45) is 2.65. The standard InChI is InChI=1S/C12H19N3O4S/c1-8-7-10(11(13-8)12(16)17)14-20(18,19)15-6-4-3-5-9(15)2/h7,9,13-14H,3-6H2,1-2H3,(H,16,17). The maximum Gasteiger partial charge on any atom is 0.354 e. The van der Waals surface area contributed by atoms with Crippen molar-refractivity contribution in [1.82, 2.24) is 9.29 Å². The minimum absolute atomic E-state index is 0.0745. The molecule has 7 nitrogen and oxygen atoms in total. The molecule has 2 heterocycles. The lowest BCUT2D eigenvalue weighted by Gasteiger charge is -2.32. The molecule has 1 atom stereocenters. The van der Waals surface area contributed by atoms with E-state index in [1.165, 1.54) is 10.4 Å². The van der Waals surface area contributed by atoms with Gasteiger partial charge in [0.25, 0.3) is 0 Å². The quantitative estimate of drug-likeness (QED) is 0.785. The van der Waals surface area contributed by atoms with Gasteiger partial charge in [-0.3, -0.25) is 4.72 Å². The van der Waals surface area contributed by atoms with Crippen LogP contribution < -0.4 is 4.72 Å². The summed E-state index contributed by atoms with van der Waals surface area (Å²) in [5.41, 5.74) is 0.523. The second-order valence-corrected chi connectivity index (χ2v) is 6.73. The number of piperidine rings is 1. The number of hydrogen-bond acceptors (Lipinski definition) is 3. The van der Waals surface area contributed by atoms with Gasteiger partial charge in [-0.2, -0.15) is 12.7 Å². The van der Waals surface area contributed by atoms with E-state index in [0.29, 0.717) is 12.2 Å². The SMILES string of the molecule is Cc1cc(NS(=O)(=O)N2CCCCC2C)c(C(=O)O)[nH]1. The van der Waals surface area contributed by atoms with Gasteiger partial charge in [-0.1, -0.05) is 6.42 Å². The number of nitrogens with zero attached hydrogens (tertiary/aromatic N) is 1. The molecule has 1 unspecified atom stereocenters. The highest BCUT2D eigenvalue weighted by atomic mass is 32.2. The summed E-state index contributed by atoms with van der Waals surface area (Å²) in [6, 6.07) is 1.41.